The molecule has 1 aliphatic carbocycles. The van der Waals surface area contributed by atoms with Gasteiger partial charge in [0.15, 0.2) is 0 Å². The van der Waals surface area contributed by atoms with Crippen LogP contribution in [0.3, 0.4) is 0 Å². The van der Waals surface area contributed by atoms with Crippen molar-refractivity contribution in [2.45, 2.75) is 30.0 Å². The van der Waals surface area contributed by atoms with Crippen molar-refractivity contribution >= 4 is 31.5 Å². The lowest BCUT2D eigenvalue weighted by Crippen LogP contribution is -2.39. The van der Waals surface area contributed by atoms with Crippen molar-refractivity contribution in [1.29, 1.82) is 0 Å². The van der Waals surface area contributed by atoms with Gasteiger partial charge in [-0.2, -0.15) is 13.2 Å². The number of benzene rings is 1. The average molecular weight is 561 g/mol. The molecule has 34 heavy (non-hydrogen) atoms. The number of aromatic nitrogens is 1. The van der Waals surface area contributed by atoms with Gasteiger partial charge in [0.05, 0.1) is 16.5 Å². The number of alkyl halides is 3. The molecule has 3 rings (SSSR count). The fourth-order valence-corrected chi connectivity index (χ4v) is 5.15. The Balaban J connectivity index is 1.99. The molecule has 0 spiro atoms. The van der Waals surface area contributed by atoms with Gasteiger partial charge in [0.25, 0.3) is 0 Å². The molecule has 0 aliphatic heterocycles. The van der Waals surface area contributed by atoms with E-state index < -0.39 is 27.8 Å². The SMILES string of the molecule is C=C(/C(=C\N(N)COC)C(NS(=O)(=O)c1ccc(C(F)(F)F)cc1)C1CC1)c1cccnc1Br. The van der Waals surface area contributed by atoms with Crippen molar-refractivity contribution in [2.75, 3.05) is 13.8 Å². The third-order valence-electron chi connectivity index (χ3n) is 5.22. The maximum absolute atomic E-state index is 13.1. The minimum Gasteiger partial charge on any atom is -0.363 e. The van der Waals surface area contributed by atoms with Crippen LogP contribution in [-0.4, -0.2) is 38.3 Å². The van der Waals surface area contributed by atoms with E-state index in [9.17, 15) is 21.6 Å². The van der Waals surface area contributed by atoms with Crippen LogP contribution in [0.5, 0.6) is 0 Å². The standard InChI is InChI=1S/C22H24BrF3N4O3S/c1-14(18-4-3-11-28-21(18)23)19(12-30(27)13-33-2)20(15-5-6-15)29-34(31,32)17-9-7-16(8-10-17)22(24,25)26/h3-4,7-12,15,20,29H,1,5-6,13,27H2,2H3/b19-12+. The Labute approximate surface area is 204 Å². The monoisotopic (exact) mass is 560 g/mol. The molecule has 0 bridgehead atoms. The van der Waals surface area contributed by atoms with Gasteiger partial charge >= 0.3 is 6.18 Å². The van der Waals surface area contributed by atoms with Gasteiger partial charge in [-0.25, -0.2) is 24.0 Å². The van der Waals surface area contributed by atoms with Crippen LogP contribution in [0.2, 0.25) is 0 Å². The highest BCUT2D eigenvalue weighted by molar-refractivity contribution is 9.10. The molecular formula is C22H24BrF3N4O3S. The van der Waals surface area contributed by atoms with Crippen molar-refractivity contribution in [3.63, 3.8) is 0 Å². The summed E-state index contributed by atoms with van der Waals surface area (Å²) in [5, 5.41) is 1.26. The fraction of sp³-hybridized carbons (Fsp3) is 0.318. The van der Waals surface area contributed by atoms with Crippen molar-refractivity contribution < 1.29 is 26.3 Å². The van der Waals surface area contributed by atoms with Crippen molar-refractivity contribution in [3.8, 4) is 0 Å². The average Bonchev–Trinajstić information content (AvgIpc) is 3.61. The number of hydrazine groups is 1. The molecular weight excluding hydrogens is 537 g/mol. The van der Waals surface area contributed by atoms with E-state index >= 15 is 0 Å². The highest BCUT2D eigenvalue weighted by atomic mass is 79.9. The smallest absolute Gasteiger partial charge is 0.363 e. The summed E-state index contributed by atoms with van der Waals surface area (Å²) in [7, 11) is -2.70. The summed E-state index contributed by atoms with van der Waals surface area (Å²) < 4.78 is 73.2. The van der Waals surface area contributed by atoms with E-state index in [1.54, 1.807) is 24.5 Å². The number of nitrogens with one attached hydrogen (secondary N) is 1. The molecule has 12 heteroatoms. The summed E-state index contributed by atoms with van der Waals surface area (Å²) in [6, 6.07) is 6.12. The molecule has 1 aliphatic rings. The van der Waals surface area contributed by atoms with E-state index in [0.717, 1.165) is 37.1 Å². The minimum atomic E-state index is -4.57. The van der Waals surface area contributed by atoms with E-state index in [4.69, 9.17) is 10.6 Å². The van der Waals surface area contributed by atoms with Gasteiger partial charge in [0, 0.05) is 25.1 Å². The molecule has 1 saturated carbocycles. The van der Waals surface area contributed by atoms with E-state index in [-0.39, 0.29) is 17.5 Å². The number of hydrogen-bond donors (Lipinski definition) is 2. The number of hydrogen-bond acceptors (Lipinski definition) is 6. The first kappa shape index (κ1) is 26.4. The maximum Gasteiger partial charge on any atom is 0.416 e. The van der Waals surface area contributed by atoms with Crippen LogP contribution in [-0.2, 0) is 20.9 Å². The topological polar surface area (TPSA) is 97.5 Å². The second-order valence-corrected chi connectivity index (χ2v) is 10.3. The van der Waals surface area contributed by atoms with E-state index in [1.807, 2.05) is 0 Å². The summed E-state index contributed by atoms with van der Waals surface area (Å²) in [6.07, 6.45) is 0.0876. The molecule has 0 radical (unpaired) electrons. The van der Waals surface area contributed by atoms with Crippen LogP contribution in [0.4, 0.5) is 13.2 Å². The number of sulfonamides is 1. The zero-order chi connectivity index (χ0) is 25.1. The first-order chi connectivity index (χ1) is 15.9. The third kappa shape index (κ3) is 6.45. The van der Waals surface area contributed by atoms with Gasteiger partial charge in [-0.1, -0.05) is 12.6 Å². The Morgan fingerprint density at radius 3 is 2.53 bits per heavy atom. The van der Waals surface area contributed by atoms with E-state index in [1.165, 1.54) is 12.1 Å². The summed E-state index contributed by atoms with van der Waals surface area (Å²) in [5.41, 5.74) is 0.683. The number of rotatable bonds is 10. The molecule has 1 atom stereocenters. The second-order valence-electron chi connectivity index (χ2n) is 7.80. The predicted octanol–water partition coefficient (Wildman–Crippen LogP) is 4.30. The fourth-order valence-electron chi connectivity index (χ4n) is 3.38. The Kier molecular flexibility index (Phi) is 8.19. The molecule has 1 aromatic carbocycles. The lowest BCUT2D eigenvalue weighted by atomic mass is 9.93. The van der Waals surface area contributed by atoms with Gasteiger partial charge in [-0.05, 0) is 76.2 Å². The van der Waals surface area contributed by atoms with Gasteiger partial charge < -0.3 is 4.74 Å². The van der Waals surface area contributed by atoms with E-state index in [0.29, 0.717) is 21.3 Å². The number of ether oxygens (including phenoxy) is 1. The van der Waals surface area contributed by atoms with Crippen LogP contribution in [0.15, 0.2) is 70.4 Å². The Hall–Kier alpha value is -2.25. The third-order valence-corrected chi connectivity index (χ3v) is 7.31. The zero-order valence-corrected chi connectivity index (χ0v) is 20.6. The minimum absolute atomic E-state index is 0.0357. The van der Waals surface area contributed by atoms with Gasteiger partial charge in [0.2, 0.25) is 10.0 Å². The molecule has 7 nitrogen and oxygen atoms in total. The number of methoxy groups -OCH3 is 1. The zero-order valence-electron chi connectivity index (χ0n) is 18.2. The Morgan fingerprint density at radius 2 is 2.00 bits per heavy atom. The molecule has 184 valence electrons. The molecule has 0 saturated heterocycles. The number of nitrogens with two attached hydrogens (primary N) is 1. The quantitative estimate of drug-likeness (QED) is 0.148. The molecule has 0 amide bonds. The molecule has 3 N–H and O–H groups in total. The van der Waals surface area contributed by atoms with Gasteiger partial charge in [-0.15, -0.1) is 0 Å². The number of nitrogens with zero attached hydrogens (tertiary/aromatic N) is 2. The summed E-state index contributed by atoms with van der Waals surface area (Å²) >= 11 is 3.39. The number of pyridine rings is 1. The lowest BCUT2D eigenvalue weighted by molar-refractivity contribution is -0.137. The number of halogens is 4. The lowest BCUT2D eigenvalue weighted by Gasteiger charge is -2.26. The summed E-state index contributed by atoms with van der Waals surface area (Å²) in [6.45, 7) is 4.19. The highest BCUT2D eigenvalue weighted by Gasteiger charge is 2.38. The van der Waals surface area contributed by atoms with Crippen LogP contribution < -0.4 is 10.6 Å². The Bertz CT molecular complexity index is 1170. The molecule has 1 fully saturated rings. The Morgan fingerprint density at radius 1 is 1.35 bits per heavy atom. The largest absolute Gasteiger partial charge is 0.416 e. The van der Waals surface area contributed by atoms with Crippen molar-refractivity contribution in [1.82, 2.24) is 14.7 Å². The van der Waals surface area contributed by atoms with Crippen molar-refractivity contribution in [3.05, 3.63) is 76.7 Å². The van der Waals surface area contributed by atoms with Crippen LogP contribution >= 0.6 is 15.9 Å². The first-order valence-electron chi connectivity index (χ1n) is 10.2. The van der Waals surface area contributed by atoms with Crippen molar-refractivity contribution in [2.24, 2.45) is 11.8 Å². The first-order valence-corrected chi connectivity index (χ1v) is 12.4. The van der Waals surface area contributed by atoms with Gasteiger partial charge in [0.1, 0.15) is 11.3 Å². The molecule has 1 heterocycles. The summed E-state index contributed by atoms with van der Waals surface area (Å²) in [4.78, 5) is 3.92. The molecule has 2 aromatic rings. The predicted molar refractivity (Wildman–Crippen MR) is 125 cm³/mol. The van der Waals surface area contributed by atoms with Crippen LogP contribution in [0.25, 0.3) is 5.57 Å². The van der Waals surface area contributed by atoms with Crippen LogP contribution in [0, 0.1) is 5.92 Å². The molecule has 1 unspecified atom stereocenters. The highest BCUT2D eigenvalue weighted by Crippen LogP contribution is 2.41. The summed E-state index contributed by atoms with van der Waals surface area (Å²) in [5.74, 6) is 5.97. The van der Waals surface area contributed by atoms with E-state index in [2.05, 4.69) is 32.2 Å². The maximum atomic E-state index is 13.1. The second kappa shape index (κ2) is 10.6. The molecule has 1 aromatic heterocycles. The van der Waals surface area contributed by atoms with Gasteiger partial charge in [-0.3, -0.25) is 5.01 Å². The normalized spacial score (nSPS) is 15.8. The van der Waals surface area contributed by atoms with Crippen LogP contribution in [0.1, 0.15) is 24.0 Å².